The molecule has 1 aromatic carbocycles. The average Bonchev–Trinajstić information content (AvgIpc) is 3.78. The van der Waals surface area contributed by atoms with Gasteiger partial charge in [0, 0.05) is 36.9 Å². The third-order valence-corrected chi connectivity index (χ3v) is 12.3. The van der Waals surface area contributed by atoms with Gasteiger partial charge >= 0.3 is 5.97 Å². The summed E-state index contributed by atoms with van der Waals surface area (Å²) in [5.74, 6) is -11.6. The van der Waals surface area contributed by atoms with Crippen molar-refractivity contribution in [3.63, 3.8) is 0 Å². The van der Waals surface area contributed by atoms with Crippen molar-refractivity contribution in [3.8, 4) is 0 Å². The third kappa shape index (κ3) is 24.3. The van der Waals surface area contributed by atoms with Crippen LogP contribution in [-0.4, -0.2) is 154 Å². The number of aliphatic carboxylic acids is 1. The SMILES string of the molecule is CC(=O)N[C@@H](CC(C)C)C(=O)N[C@@H](CCC(=O)O)C(=O)N[C@@H](CC(C)C)C(=O)N[C@@H](CC(N)=O)C(=O)N[C@@H](CCCCN)C(=O)N[C@@H](Cc1c[nH]c2ccccc12)C(=O)N[C@@H](C)C(=O)N[C@@H](CO)C(=O)N[C@@H](CC(C)C)C(N)=O. The van der Waals surface area contributed by atoms with Crippen LogP contribution < -0.4 is 65.1 Å². The van der Waals surface area contributed by atoms with E-state index in [1.54, 1.807) is 72.0 Å². The number of primary amides is 2. The molecule has 0 aliphatic rings. The number of aromatic nitrogens is 1. The van der Waals surface area contributed by atoms with E-state index in [2.05, 4.69) is 52.8 Å². The Morgan fingerprint density at radius 3 is 1.49 bits per heavy atom. The minimum absolute atomic E-state index is 0.0509. The summed E-state index contributed by atoms with van der Waals surface area (Å²) in [7, 11) is 0. The number of amides is 11. The van der Waals surface area contributed by atoms with Gasteiger partial charge in [0.2, 0.25) is 65.0 Å². The molecule has 18 N–H and O–H groups in total. The van der Waals surface area contributed by atoms with Crippen molar-refractivity contribution >= 4 is 81.9 Å². The highest BCUT2D eigenvalue weighted by molar-refractivity contribution is 5.99. The zero-order chi connectivity index (χ0) is 59.7. The minimum Gasteiger partial charge on any atom is -0.481 e. The lowest BCUT2D eigenvalue weighted by molar-refractivity contribution is -0.139. The second-order valence-corrected chi connectivity index (χ2v) is 20.8. The number of para-hydroxylation sites is 1. The predicted molar refractivity (Wildman–Crippen MR) is 289 cm³/mol. The number of hydrogen-bond acceptors (Lipinski definition) is 14. The first-order valence-electron chi connectivity index (χ1n) is 26.4. The highest BCUT2D eigenvalue weighted by atomic mass is 16.4. The van der Waals surface area contributed by atoms with Crippen LogP contribution in [-0.2, 0) is 64.0 Å². The summed E-state index contributed by atoms with van der Waals surface area (Å²) in [6.45, 7) is 12.4. The Morgan fingerprint density at radius 1 is 0.532 bits per heavy atom. The molecule has 11 amide bonds. The number of carbonyl (C=O) groups excluding carboxylic acids is 11. The van der Waals surface area contributed by atoms with Crippen LogP contribution in [0.3, 0.4) is 0 Å². The second-order valence-electron chi connectivity index (χ2n) is 20.8. The Morgan fingerprint density at radius 2 is 0.975 bits per heavy atom. The van der Waals surface area contributed by atoms with E-state index in [1.807, 2.05) is 0 Å². The van der Waals surface area contributed by atoms with Crippen LogP contribution >= 0.6 is 0 Å². The number of H-pyrrole nitrogens is 1. The van der Waals surface area contributed by atoms with Gasteiger partial charge in [-0.05, 0) is 87.8 Å². The Hall–Kier alpha value is -7.68. The molecule has 0 aliphatic heterocycles. The number of aliphatic hydroxyl groups excluding tert-OH is 1. The molecule has 0 aliphatic carbocycles. The molecule has 1 aromatic heterocycles. The van der Waals surface area contributed by atoms with E-state index < -0.39 is 151 Å². The Kier molecular flexibility index (Phi) is 28.7. The highest BCUT2D eigenvalue weighted by Gasteiger charge is 2.36. The van der Waals surface area contributed by atoms with Gasteiger partial charge in [-0.2, -0.15) is 0 Å². The van der Waals surface area contributed by atoms with Gasteiger partial charge in [-0.3, -0.25) is 57.5 Å². The second kappa shape index (κ2) is 33.6. The predicted octanol–water partition coefficient (Wildman–Crippen LogP) is -2.40. The molecule has 27 heteroatoms. The minimum atomic E-state index is -1.76. The molecule has 0 fully saturated rings. The number of fused-ring (bicyclic) bond motifs is 1. The van der Waals surface area contributed by atoms with E-state index in [9.17, 15) is 67.7 Å². The molecular weight excluding hydrogens is 1030 g/mol. The Bertz CT molecular complexity index is 2450. The lowest BCUT2D eigenvalue weighted by Gasteiger charge is -2.28. The molecule has 0 unspecified atom stereocenters. The quantitative estimate of drug-likeness (QED) is 0.0316. The van der Waals surface area contributed by atoms with Crippen molar-refractivity contribution in [1.29, 1.82) is 0 Å². The smallest absolute Gasteiger partial charge is 0.303 e. The average molecular weight is 1110 g/mol. The van der Waals surface area contributed by atoms with Gasteiger partial charge in [-0.25, -0.2) is 0 Å². The number of nitrogens with one attached hydrogen (secondary N) is 10. The van der Waals surface area contributed by atoms with Crippen molar-refractivity contribution in [1.82, 2.24) is 52.8 Å². The number of benzene rings is 1. The number of carboxylic acids is 1. The van der Waals surface area contributed by atoms with Crippen molar-refractivity contribution in [2.24, 2.45) is 35.0 Å². The molecule has 0 spiro atoms. The standard InChI is InChI=1S/C52H83N13O14/c1-26(2)19-36(44(55)71)61-52(79)41(25-66)65-45(72)29(7)57-48(75)39(22-31-24-56-33-14-10-9-13-32(31)33)63-46(73)34(15-11-12-18-53)59-51(78)40(23-42(54)68)64-50(77)38(21-28(5)6)62-47(74)35(16-17-43(69)70)60-49(76)37(20-27(3)4)58-30(8)67/h9-10,13-14,24,26-29,34-41,56,66H,11-12,15-23,25,53H2,1-8H3,(H2,54,68)(H2,55,71)(H,57,75)(H,58,67)(H,59,78)(H,60,76)(H,61,79)(H,62,74)(H,63,73)(H,64,77)(H,65,72)(H,69,70)/t29-,34-,35-,36-,37-,38-,39-,40-,41-/m0/s1. The summed E-state index contributed by atoms with van der Waals surface area (Å²) in [6, 6.07) is -5.69. The normalized spacial score (nSPS) is 14.7. The van der Waals surface area contributed by atoms with Crippen LogP contribution in [0.2, 0.25) is 0 Å². The fourth-order valence-corrected chi connectivity index (χ4v) is 8.31. The van der Waals surface area contributed by atoms with Crippen molar-refractivity contribution < 1.29 is 67.7 Å². The number of rotatable bonds is 36. The fraction of sp³-hybridized carbons (Fsp3) is 0.615. The van der Waals surface area contributed by atoms with Crippen molar-refractivity contribution in [2.45, 2.75) is 174 Å². The van der Waals surface area contributed by atoms with Gasteiger partial charge in [0.05, 0.1) is 13.0 Å². The molecule has 9 atom stereocenters. The van der Waals surface area contributed by atoms with E-state index in [0.29, 0.717) is 22.9 Å². The molecule has 79 heavy (non-hydrogen) atoms. The van der Waals surface area contributed by atoms with Crippen LogP contribution in [0.5, 0.6) is 0 Å². The van der Waals surface area contributed by atoms with Crippen LogP contribution in [0.1, 0.15) is 119 Å². The summed E-state index contributed by atoms with van der Waals surface area (Å²) in [5, 5.41) is 42.6. The van der Waals surface area contributed by atoms with Crippen LogP contribution in [0, 0.1) is 17.8 Å². The monoisotopic (exact) mass is 1110 g/mol. The highest BCUT2D eigenvalue weighted by Crippen LogP contribution is 2.20. The van der Waals surface area contributed by atoms with Gasteiger partial charge < -0.3 is 80.2 Å². The zero-order valence-electron chi connectivity index (χ0n) is 46.3. The number of carboxylic acid groups (broad SMARTS) is 1. The zero-order valence-corrected chi connectivity index (χ0v) is 46.3. The molecule has 0 bridgehead atoms. The summed E-state index contributed by atoms with van der Waals surface area (Å²) >= 11 is 0. The number of aromatic amines is 1. The molecule has 0 radical (unpaired) electrons. The molecule has 27 nitrogen and oxygen atoms in total. The maximum Gasteiger partial charge on any atom is 0.303 e. The maximum absolute atomic E-state index is 14.4. The third-order valence-electron chi connectivity index (χ3n) is 12.3. The summed E-state index contributed by atoms with van der Waals surface area (Å²) in [5.41, 5.74) is 18.0. The Balaban J connectivity index is 2.48. The first kappa shape index (κ1) is 67.4. The van der Waals surface area contributed by atoms with Gasteiger partial charge in [0.1, 0.15) is 54.4 Å². The molecule has 0 saturated carbocycles. The summed E-state index contributed by atoms with van der Waals surface area (Å²) < 4.78 is 0. The molecule has 1 heterocycles. The van der Waals surface area contributed by atoms with E-state index in [-0.39, 0.29) is 62.8 Å². The maximum atomic E-state index is 14.4. The number of unbranched alkanes of at least 4 members (excludes halogenated alkanes) is 1. The largest absolute Gasteiger partial charge is 0.481 e. The van der Waals surface area contributed by atoms with Crippen LogP contribution in [0.4, 0.5) is 0 Å². The number of aliphatic hydroxyl groups is 1. The topological polar surface area (TPSA) is 447 Å². The number of hydrogen-bond donors (Lipinski definition) is 15. The van der Waals surface area contributed by atoms with Gasteiger partial charge in [0.25, 0.3) is 0 Å². The van der Waals surface area contributed by atoms with Crippen molar-refractivity contribution in [3.05, 3.63) is 36.0 Å². The first-order chi connectivity index (χ1) is 37.1. The van der Waals surface area contributed by atoms with Crippen LogP contribution in [0.25, 0.3) is 10.9 Å². The summed E-state index contributed by atoms with van der Waals surface area (Å²) in [6.07, 6.45) is 0.474. The number of nitrogens with two attached hydrogens (primary N) is 3. The van der Waals surface area contributed by atoms with Gasteiger partial charge in [-0.1, -0.05) is 59.7 Å². The van der Waals surface area contributed by atoms with E-state index in [4.69, 9.17) is 17.2 Å². The lowest BCUT2D eigenvalue weighted by Crippen LogP contribution is -2.61. The molecule has 440 valence electrons. The lowest BCUT2D eigenvalue weighted by atomic mass is 10.00. The molecule has 2 rings (SSSR count). The molecule has 2 aromatic rings. The first-order valence-corrected chi connectivity index (χ1v) is 26.4. The fourth-order valence-electron chi connectivity index (χ4n) is 8.31. The van der Waals surface area contributed by atoms with Crippen molar-refractivity contribution in [2.75, 3.05) is 13.2 Å². The summed E-state index contributed by atoms with van der Waals surface area (Å²) in [4.78, 5) is 162. The van der Waals surface area contributed by atoms with E-state index >= 15 is 0 Å². The molecule has 0 saturated heterocycles. The molecular formula is C52H83N13O14. The Labute approximate surface area is 459 Å². The van der Waals surface area contributed by atoms with Crippen LogP contribution in [0.15, 0.2) is 30.5 Å². The number of carbonyl (C=O) groups is 12. The van der Waals surface area contributed by atoms with E-state index in [0.717, 1.165) is 0 Å². The van der Waals surface area contributed by atoms with Gasteiger partial charge in [0.15, 0.2) is 0 Å². The van der Waals surface area contributed by atoms with E-state index in [1.165, 1.54) is 13.8 Å². The van der Waals surface area contributed by atoms with Gasteiger partial charge in [-0.15, -0.1) is 0 Å².